The van der Waals surface area contributed by atoms with Gasteiger partial charge in [-0.15, -0.1) is 0 Å². The van der Waals surface area contributed by atoms with Crippen LogP contribution in [-0.4, -0.2) is 18.4 Å². The van der Waals surface area contributed by atoms with Crippen molar-refractivity contribution in [2.24, 2.45) is 0 Å². The quantitative estimate of drug-likeness (QED) is 0.562. The SMILES string of the molecule is Cc1cc(C)cc(NC(=O)CNc2ccc(NC(=O)c3cccc(C)c3)cc2)c1. The highest BCUT2D eigenvalue weighted by Gasteiger charge is 2.07. The molecule has 0 saturated heterocycles. The van der Waals surface area contributed by atoms with Crippen LogP contribution in [-0.2, 0) is 4.79 Å². The Morgan fingerprint density at radius 3 is 2.00 bits per heavy atom. The van der Waals surface area contributed by atoms with Gasteiger partial charge in [0.05, 0.1) is 6.54 Å². The lowest BCUT2D eigenvalue weighted by Gasteiger charge is -2.10. The van der Waals surface area contributed by atoms with E-state index in [1.165, 1.54) is 0 Å². The van der Waals surface area contributed by atoms with E-state index in [1.54, 1.807) is 18.2 Å². The molecule has 0 bridgehead atoms. The number of benzene rings is 3. The van der Waals surface area contributed by atoms with E-state index in [9.17, 15) is 9.59 Å². The number of amides is 2. The van der Waals surface area contributed by atoms with Crippen LogP contribution in [0.3, 0.4) is 0 Å². The fourth-order valence-corrected chi connectivity index (χ4v) is 3.10. The first kappa shape index (κ1) is 20.1. The van der Waals surface area contributed by atoms with Gasteiger partial charge in [-0.1, -0.05) is 23.8 Å². The van der Waals surface area contributed by atoms with Crippen molar-refractivity contribution in [1.29, 1.82) is 0 Å². The topological polar surface area (TPSA) is 70.2 Å². The lowest BCUT2D eigenvalue weighted by Crippen LogP contribution is -2.21. The van der Waals surface area contributed by atoms with Crippen molar-refractivity contribution in [3.05, 3.63) is 89.0 Å². The molecule has 0 heterocycles. The summed E-state index contributed by atoms with van der Waals surface area (Å²) in [5.41, 5.74) is 6.17. The van der Waals surface area contributed by atoms with E-state index in [4.69, 9.17) is 0 Å². The minimum absolute atomic E-state index is 0.119. The van der Waals surface area contributed by atoms with Crippen LogP contribution in [0.4, 0.5) is 17.1 Å². The van der Waals surface area contributed by atoms with Crippen LogP contribution in [0.15, 0.2) is 66.7 Å². The lowest BCUT2D eigenvalue weighted by atomic mass is 10.1. The Bertz CT molecular complexity index is 1010. The summed E-state index contributed by atoms with van der Waals surface area (Å²) in [5, 5.41) is 8.86. The first-order chi connectivity index (χ1) is 13.9. The molecule has 0 radical (unpaired) electrons. The molecule has 0 spiro atoms. The second-order valence-corrected chi connectivity index (χ2v) is 7.18. The van der Waals surface area contributed by atoms with Gasteiger partial charge in [-0.05, 0) is 80.4 Å². The van der Waals surface area contributed by atoms with Gasteiger partial charge < -0.3 is 16.0 Å². The van der Waals surface area contributed by atoms with Crippen molar-refractivity contribution in [3.8, 4) is 0 Å². The molecule has 0 unspecified atom stereocenters. The van der Waals surface area contributed by atoms with E-state index in [0.717, 1.165) is 28.1 Å². The molecule has 0 aromatic heterocycles. The first-order valence-corrected chi connectivity index (χ1v) is 9.49. The maximum atomic E-state index is 12.3. The number of anilines is 3. The summed E-state index contributed by atoms with van der Waals surface area (Å²) >= 11 is 0. The highest BCUT2D eigenvalue weighted by molar-refractivity contribution is 6.04. The minimum atomic E-state index is -0.151. The third kappa shape index (κ3) is 5.94. The molecular weight excluding hydrogens is 362 g/mol. The molecule has 0 aliphatic rings. The van der Waals surface area contributed by atoms with Gasteiger partial charge in [-0.3, -0.25) is 9.59 Å². The summed E-state index contributed by atoms with van der Waals surface area (Å²) in [4.78, 5) is 24.5. The fraction of sp³-hybridized carbons (Fsp3) is 0.167. The lowest BCUT2D eigenvalue weighted by molar-refractivity contribution is -0.114. The van der Waals surface area contributed by atoms with Crippen molar-refractivity contribution >= 4 is 28.9 Å². The average Bonchev–Trinajstić information content (AvgIpc) is 2.66. The molecule has 29 heavy (non-hydrogen) atoms. The van der Waals surface area contributed by atoms with Crippen molar-refractivity contribution in [2.75, 3.05) is 22.5 Å². The maximum absolute atomic E-state index is 12.3. The predicted molar refractivity (Wildman–Crippen MR) is 119 cm³/mol. The Balaban J connectivity index is 1.52. The fourth-order valence-electron chi connectivity index (χ4n) is 3.10. The van der Waals surface area contributed by atoms with Gasteiger partial charge in [0.25, 0.3) is 5.91 Å². The van der Waals surface area contributed by atoms with Crippen molar-refractivity contribution < 1.29 is 9.59 Å². The molecule has 3 N–H and O–H groups in total. The molecule has 0 atom stereocenters. The summed E-state index contributed by atoms with van der Waals surface area (Å²) < 4.78 is 0. The van der Waals surface area contributed by atoms with Gasteiger partial charge in [0.15, 0.2) is 0 Å². The van der Waals surface area contributed by atoms with Crippen molar-refractivity contribution in [3.63, 3.8) is 0 Å². The number of hydrogen-bond donors (Lipinski definition) is 3. The molecule has 0 saturated carbocycles. The van der Waals surface area contributed by atoms with Gasteiger partial charge in [-0.25, -0.2) is 0 Å². The number of nitrogens with one attached hydrogen (secondary N) is 3. The molecule has 3 aromatic carbocycles. The monoisotopic (exact) mass is 387 g/mol. The van der Waals surface area contributed by atoms with E-state index >= 15 is 0 Å². The third-order valence-electron chi connectivity index (χ3n) is 4.38. The number of carbonyl (C=O) groups is 2. The Kier molecular flexibility index (Phi) is 6.29. The third-order valence-corrected chi connectivity index (χ3v) is 4.38. The molecule has 0 aliphatic heterocycles. The zero-order valence-corrected chi connectivity index (χ0v) is 16.9. The van der Waals surface area contributed by atoms with Gasteiger partial charge in [0, 0.05) is 22.6 Å². The van der Waals surface area contributed by atoms with Gasteiger partial charge in [0.1, 0.15) is 0 Å². The highest BCUT2D eigenvalue weighted by Crippen LogP contribution is 2.16. The van der Waals surface area contributed by atoms with Crippen LogP contribution in [0.5, 0.6) is 0 Å². The Morgan fingerprint density at radius 2 is 1.34 bits per heavy atom. The summed E-state index contributed by atoms with van der Waals surface area (Å²) in [6, 6.07) is 20.7. The Labute approximate surface area is 171 Å². The summed E-state index contributed by atoms with van der Waals surface area (Å²) in [7, 11) is 0. The van der Waals surface area contributed by atoms with Crippen LogP contribution < -0.4 is 16.0 Å². The van der Waals surface area contributed by atoms with E-state index < -0.39 is 0 Å². The minimum Gasteiger partial charge on any atom is -0.376 e. The largest absolute Gasteiger partial charge is 0.376 e. The van der Waals surface area contributed by atoms with Crippen LogP contribution in [0, 0.1) is 20.8 Å². The van der Waals surface area contributed by atoms with Gasteiger partial charge in [0.2, 0.25) is 5.91 Å². The zero-order valence-electron chi connectivity index (χ0n) is 16.9. The Morgan fingerprint density at radius 1 is 0.690 bits per heavy atom. The molecule has 0 aliphatic carbocycles. The van der Waals surface area contributed by atoms with Crippen molar-refractivity contribution in [1.82, 2.24) is 0 Å². The average molecular weight is 387 g/mol. The maximum Gasteiger partial charge on any atom is 0.255 e. The Hall–Kier alpha value is -3.60. The molecule has 148 valence electrons. The first-order valence-electron chi connectivity index (χ1n) is 9.49. The second kappa shape index (κ2) is 9.06. The zero-order chi connectivity index (χ0) is 20.8. The predicted octanol–water partition coefficient (Wildman–Crippen LogP) is 4.91. The van der Waals surface area contributed by atoms with Crippen LogP contribution in [0.2, 0.25) is 0 Å². The van der Waals surface area contributed by atoms with E-state index in [2.05, 4.69) is 22.0 Å². The van der Waals surface area contributed by atoms with Gasteiger partial charge >= 0.3 is 0 Å². The standard InChI is InChI=1S/C24H25N3O2/c1-16-5-4-6-19(12-16)24(29)27-21-9-7-20(8-10-21)25-15-23(28)26-22-13-17(2)11-18(3)14-22/h4-14,25H,15H2,1-3H3,(H,26,28)(H,27,29). The summed E-state index contributed by atoms with van der Waals surface area (Å²) in [6.07, 6.45) is 0. The number of hydrogen-bond acceptors (Lipinski definition) is 3. The van der Waals surface area contributed by atoms with Crippen LogP contribution >= 0.6 is 0 Å². The smallest absolute Gasteiger partial charge is 0.255 e. The van der Waals surface area contributed by atoms with E-state index in [1.807, 2.05) is 63.2 Å². The van der Waals surface area contributed by atoms with Crippen LogP contribution in [0.25, 0.3) is 0 Å². The number of aryl methyl sites for hydroxylation is 3. The number of carbonyl (C=O) groups excluding carboxylic acids is 2. The molecule has 0 fully saturated rings. The molecular formula is C24H25N3O2. The van der Waals surface area contributed by atoms with Gasteiger partial charge in [-0.2, -0.15) is 0 Å². The number of rotatable bonds is 6. The second-order valence-electron chi connectivity index (χ2n) is 7.18. The molecule has 5 heteroatoms. The van der Waals surface area contributed by atoms with Crippen molar-refractivity contribution in [2.45, 2.75) is 20.8 Å². The molecule has 3 aromatic rings. The summed E-state index contributed by atoms with van der Waals surface area (Å²) in [6.45, 7) is 6.11. The van der Waals surface area contributed by atoms with E-state index in [-0.39, 0.29) is 18.4 Å². The molecule has 5 nitrogen and oxygen atoms in total. The normalized spacial score (nSPS) is 10.3. The highest BCUT2D eigenvalue weighted by atomic mass is 16.2. The van der Waals surface area contributed by atoms with Crippen LogP contribution in [0.1, 0.15) is 27.0 Å². The summed E-state index contributed by atoms with van der Waals surface area (Å²) in [5.74, 6) is -0.269. The van der Waals surface area contributed by atoms with E-state index in [0.29, 0.717) is 11.3 Å². The molecule has 2 amide bonds. The molecule has 3 rings (SSSR count).